The second-order valence-corrected chi connectivity index (χ2v) is 5.33. The van der Waals surface area contributed by atoms with Crippen molar-refractivity contribution in [3.63, 3.8) is 0 Å². The molecule has 1 heterocycles. The molecule has 0 aliphatic rings. The molecule has 0 aliphatic carbocycles. The second-order valence-electron chi connectivity index (χ2n) is 4.92. The summed E-state index contributed by atoms with van der Waals surface area (Å²) in [7, 11) is 0. The minimum Gasteiger partial charge on any atom is -0.381 e. The van der Waals surface area contributed by atoms with Crippen LogP contribution >= 0.6 is 11.6 Å². The third kappa shape index (κ3) is 3.43. The molecule has 2 nitrogen and oxygen atoms in total. The van der Waals surface area contributed by atoms with Crippen molar-refractivity contribution in [2.75, 3.05) is 5.32 Å². The van der Waals surface area contributed by atoms with Crippen LogP contribution in [0.1, 0.15) is 5.56 Å². The van der Waals surface area contributed by atoms with Crippen molar-refractivity contribution in [2.45, 2.75) is 6.54 Å². The molecule has 0 saturated heterocycles. The van der Waals surface area contributed by atoms with Crippen LogP contribution in [0.2, 0.25) is 5.02 Å². The summed E-state index contributed by atoms with van der Waals surface area (Å²) >= 11 is 5.78. The van der Waals surface area contributed by atoms with Gasteiger partial charge in [-0.15, -0.1) is 0 Å². The van der Waals surface area contributed by atoms with Gasteiger partial charge in [-0.25, -0.2) is 4.39 Å². The Hall–Kier alpha value is -2.39. The summed E-state index contributed by atoms with van der Waals surface area (Å²) in [5.74, 6) is -0.397. The molecule has 3 aromatic rings. The van der Waals surface area contributed by atoms with E-state index in [0.29, 0.717) is 6.54 Å². The maximum absolute atomic E-state index is 13.1. The van der Waals surface area contributed by atoms with Gasteiger partial charge in [0.25, 0.3) is 0 Å². The highest BCUT2D eigenvalue weighted by Crippen LogP contribution is 2.21. The molecule has 2 aromatic carbocycles. The Balaban J connectivity index is 1.67. The first-order valence-corrected chi connectivity index (χ1v) is 7.28. The third-order valence-electron chi connectivity index (χ3n) is 3.36. The van der Waals surface area contributed by atoms with E-state index in [1.165, 1.54) is 6.07 Å². The van der Waals surface area contributed by atoms with E-state index in [-0.39, 0.29) is 5.02 Å². The summed E-state index contributed by atoms with van der Waals surface area (Å²) in [5, 5.41) is 3.43. The van der Waals surface area contributed by atoms with E-state index in [1.807, 2.05) is 42.6 Å². The van der Waals surface area contributed by atoms with Gasteiger partial charge < -0.3 is 5.32 Å². The fraction of sp³-hybridized carbons (Fsp3) is 0.0556. The number of nitrogens with zero attached hydrogens (tertiary/aromatic N) is 1. The Kier molecular flexibility index (Phi) is 4.35. The van der Waals surface area contributed by atoms with Crippen LogP contribution in [0.5, 0.6) is 0 Å². The number of hydrogen-bond acceptors (Lipinski definition) is 2. The number of rotatable bonds is 4. The zero-order valence-corrected chi connectivity index (χ0v) is 12.5. The summed E-state index contributed by atoms with van der Waals surface area (Å²) in [6.45, 7) is 0.590. The molecule has 0 saturated carbocycles. The summed E-state index contributed by atoms with van der Waals surface area (Å²) in [5.41, 5.74) is 4.12. The Bertz CT molecular complexity index is 758. The lowest BCUT2D eigenvalue weighted by atomic mass is 10.1. The van der Waals surface area contributed by atoms with Gasteiger partial charge in [0.15, 0.2) is 0 Å². The third-order valence-corrected chi connectivity index (χ3v) is 3.65. The monoisotopic (exact) mass is 312 g/mol. The molecular weight excluding hydrogens is 299 g/mol. The van der Waals surface area contributed by atoms with E-state index in [2.05, 4.69) is 10.3 Å². The number of pyridine rings is 1. The van der Waals surface area contributed by atoms with Gasteiger partial charge >= 0.3 is 0 Å². The zero-order chi connectivity index (χ0) is 15.4. The number of anilines is 1. The summed E-state index contributed by atoms with van der Waals surface area (Å²) in [6, 6.07) is 16.8. The largest absolute Gasteiger partial charge is 0.381 e. The molecule has 0 amide bonds. The Morgan fingerprint density at radius 2 is 1.82 bits per heavy atom. The second kappa shape index (κ2) is 6.58. The first-order chi connectivity index (χ1) is 10.7. The maximum atomic E-state index is 13.1. The number of aromatic nitrogens is 1. The molecule has 0 atom stereocenters. The van der Waals surface area contributed by atoms with Crippen molar-refractivity contribution in [3.05, 3.63) is 83.4 Å². The van der Waals surface area contributed by atoms with Gasteiger partial charge in [0.1, 0.15) is 5.82 Å². The molecule has 4 heteroatoms. The molecule has 0 radical (unpaired) electrons. The molecule has 0 aliphatic heterocycles. The van der Waals surface area contributed by atoms with Crippen LogP contribution in [0, 0.1) is 5.82 Å². The summed E-state index contributed by atoms with van der Waals surface area (Å²) < 4.78 is 13.1. The molecule has 1 aromatic heterocycles. The minimum atomic E-state index is -0.397. The predicted octanol–water partition coefficient (Wildman–Crippen LogP) is 5.15. The standard InChI is InChI=1S/C18H14ClFN2/c19-17-10-13(3-8-18(17)20)11-22-16-6-4-14(5-7-16)15-2-1-9-21-12-15/h1-10,12,22H,11H2. The van der Waals surface area contributed by atoms with Crippen LogP contribution in [0.4, 0.5) is 10.1 Å². The van der Waals surface area contributed by atoms with Gasteiger partial charge in [0, 0.05) is 24.6 Å². The molecule has 0 bridgehead atoms. The highest BCUT2D eigenvalue weighted by Gasteiger charge is 2.01. The average molecular weight is 313 g/mol. The van der Waals surface area contributed by atoms with Crippen LogP contribution in [0.25, 0.3) is 11.1 Å². The van der Waals surface area contributed by atoms with Crippen molar-refractivity contribution < 1.29 is 4.39 Å². The molecule has 22 heavy (non-hydrogen) atoms. The van der Waals surface area contributed by atoms with Crippen molar-refractivity contribution in [2.24, 2.45) is 0 Å². The van der Waals surface area contributed by atoms with Crippen molar-refractivity contribution in [3.8, 4) is 11.1 Å². The van der Waals surface area contributed by atoms with E-state index >= 15 is 0 Å². The van der Waals surface area contributed by atoms with E-state index in [1.54, 1.807) is 18.3 Å². The molecule has 0 unspecified atom stereocenters. The SMILES string of the molecule is Fc1ccc(CNc2ccc(-c3cccnc3)cc2)cc1Cl. The van der Waals surface area contributed by atoms with Crippen molar-refractivity contribution in [1.29, 1.82) is 0 Å². The van der Waals surface area contributed by atoms with Gasteiger partial charge in [-0.1, -0.05) is 35.9 Å². The van der Waals surface area contributed by atoms with E-state index in [4.69, 9.17) is 11.6 Å². The predicted molar refractivity (Wildman–Crippen MR) is 88.4 cm³/mol. The molecule has 0 fully saturated rings. The lowest BCUT2D eigenvalue weighted by Gasteiger charge is -2.08. The minimum absolute atomic E-state index is 0.145. The topological polar surface area (TPSA) is 24.9 Å². The molecule has 110 valence electrons. The van der Waals surface area contributed by atoms with E-state index in [9.17, 15) is 4.39 Å². The zero-order valence-electron chi connectivity index (χ0n) is 11.8. The Morgan fingerprint density at radius 1 is 1.00 bits per heavy atom. The normalized spacial score (nSPS) is 10.5. The Labute approximate surface area is 133 Å². The average Bonchev–Trinajstić information content (AvgIpc) is 2.57. The number of nitrogens with one attached hydrogen (secondary N) is 1. The fourth-order valence-corrected chi connectivity index (χ4v) is 2.37. The van der Waals surface area contributed by atoms with Crippen LogP contribution < -0.4 is 5.32 Å². The summed E-state index contributed by atoms with van der Waals surface area (Å²) in [6.07, 6.45) is 3.59. The maximum Gasteiger partial charge on any atom is 0.141 e. The van der Waals surface area contributed by atoms with Gasteiger partial charge in [-0.3, -0.25) is 4.98 Å². The number of benzene rings is 2. The Morgan fingerprint density at radius 3 is 2.50 bits per heavy atom. The number of halogens is 2. The first-order valence-electron chi connectivity index (χ1n) is 6.90. The first kappa shape index (κ1) is 14.5. The lowest BCUT2D eigenvalue weighted by molar-refractivity contribution is 0.627. The fourth-order valence-electron chi connectivity index (χ4n) is 2.17. The van der Waals surface area contributed by atoms with Crippen LogP contribution in [-0.2, 0) is 6.54 Å². The van der Waals surface area contributed by atoms with E-state index in [0.717, 1.165) is 22.4 Å². The van der Waals surface area contributed by atoms with Gasteiger partial charge in [0.05, 0.1) is 5.02 Å². The van der Waals surface area contributed by atoms with Crippen LogP contribution in [-0.4, -0.2) is 4.98 Å². The van der Waals surface area contributed by atoms with Crippen molar-refractivity contribution in [1.82, 2.24) is 4.98 Å². The molecule has 0 spiro atoms. The smallest absolute Gasteiger partial charge is 0.141 e. The van der Waals surface area contributed by atoms with Gasteiger partial charge in [0.2, 0.25) is 0 Å². The van der Waals surface area contributed by atoms with Crippen molar-refractivity contribution >= 4 is 17.3 Å². The van der Waals surface area contributed by atoms with Crippen LogP contribution in [0.3, 0.4) is 0 Å². The van der Waals surface area contributed by atoms with Gasteiger partial charge in [-0.05, 0) is 47.0 Å². The molecule has 3 rings (SSSR count). The quantitative estimate of drug-likeness (QED) is 0.720. The van der Waals surface area contributed by atoms with Crippen LogP contribution in [0.15, 0.2) is 67.0 Å². The molecule has 1 N–H and O–H groups in total. The van der Waals surface area contributed by atoms with E-state index < -0.39 is 5.82 Å². The van der Waals surface area contributed by atoms with Gasteiger partial charge in [-0.2, -0.15) is 0 Å². The molecular formula is C18H14ClFN2. The highest BCUT2D eigenvalue weighted by molar-refractivity contribution is 6.30. The lowest BCUT2D eigenvalue weighted by Crippen LogP contribution is -1.99. The summed E-state index contributed by atoms with van der Waals surface area (Å²) in [4.78, 5) is 4.12. The highest BCUT2D eigenvalue weighted by atomic mass is 35.5. The number of hydrogen-bond donors (Lipinski definition) is 1.